The summed E-state index contributed by atoms with van der Waals surface area (Å²) in [4.78, 5) is 4.62. The SMILES string of the molecule is C=C(N)Cc1c(Cc2ccccc2)ncn1Cc1cccc(N)c1. The number of benzene rings is 2. The summed E-state index contributed by atoms with van der Waals surface area (Å²) in [6, 6.07) is 18.2. The van der Waals surface area contributed by atoms with Crippen molar-refractivity contribution >= 4 is 5.69 Å². The van der Waals surface area contributed by atoms with Crippen LogP contribution in [0.3, 0.4) is 0 Å². The first-order chi connectivity index (χ1) is 11.6. The van der Waals surface area contributed by atoms with E-state index >= 15 is 0 Å². The summed E-state index contributed by atoms with van der Waals surface area (Å²) in [6.07, 6.45) is 3.28. The van der Waals surface area contributed by atoms with Gasteiger partial charge in [0.15, 0.2) is 0 Å². The maximum absolute atomic E-state index is 5.88. The Kier molecular flexibility index (Phi) is 4.66. The van der Waals surface area contributed by atoms with E-state index in [1.54, 1.807) is 0 Å². The molecule has 0 saturated carbocycles. The number of anilines is 1. The number of nitrogen functional groups attached to an aromatic ring is 1. The quantitative estimate of drug-likeness (QED) is 0.686. The maximum Gasteiger partial charge on any atom is 0.0955 e. The van der Waals surface area contributed by atoms with Crippen LogP contribution < -0.4 is 11.5 Å². The Hall–Kier alpha value is -3.01. The molecule has 0 radical (unpaired) electrons. The lowest BCUT2D eigenvalue weighted by molar-refractivity contribution is 0.746. The third-order valence-electron chi connectivity index (χ3n) is 3.95. The highest BCUT2D eigenvalue weighted by Crippen LogP contribution is 2.18. The van der Waals surface area contributed by atoms with Crippen molar-refractivity contribution in [3.05, 3.63) is 95.7 Å². The maximum atomic E-state index is 5.88. The van der Waals surface area contributed by atoms with Gasteiger partial charge in [-0.3, -0.25) is 0 Å². The fourth-order valence-corrected chi connectivity index (χ4v) is 2.83. The fourth-order valence-electron chi connectivity index (χ4n) is 2.83. The first kappa shape index (κ1) is 15.9. The predicted molar refractivity (Wildman–Crippen MR) is 98.5 cm³/mol. The van der Waals surface area contributed by atoms with E-state index in [2.05, 4.69) is 34.3 Å². The molecule has 2 aromatic carbocycles. The molecule has 24 heavy (non-hydrogen) atoms. The Morgan fingerprint density at radius 3 is 2.50 bits per heavy atom. The largest absolute Gasteiger partial charge is 0.402 e. The standard InChI is InChI=1S/C20H22N4/c1-15(21)10-20-19(12-16-6-3-2-4-7-16)23-14-24(20)13-17-8-5-9-18(22)11-17/h2-9,11,14H,1,10,12-13,21-22H2. The molecule has 4 N–H and O–H groups in total. The fraction of sp³-hybridized carbons (Fsp3) is 0.150. The number of nitrogens with two attached hydrogens (primary N) is 2. The van der Waals surface area contributed by atoms with Crippen molar-refractivity contribution < 1.29 is 0 Å². The molecule has 0 aliphatic heterocycles. The number of imidazole rings is 1. The number of rotatable bonds is 6. The van der Waals surface area contributed by atoms with Gasteiger partial charge >= 0.3 is 0 Å². The molecule has 0 unspecified atom stereocenters. The van der Waals surface area contributed by atoms with Crippen LogP contribution in [0.5, 0.6) is 0 Å². The number of allylic oxidation sites excluding steroid dienone is 1. The van der Waals surface area contributed by atoms with Gasteiger partial charge in [-0.25, -0.2) is 4.98 Å². The number of aromatic nitrogens is 2. The Balaban J connectivity index is 1.90. The van der Waals surface area contributed by atoms with Crippen molar-refractivity contribution in [2.45, 2.75) is 19.4 Å². The molecule has 1 heterocycles. The van der Waals surface area contributed by atoms with Crippen LogP contribution in [0, 0.1) is 0 Å². The van der Waals surface area contributed by atoms with Gasteiger partial charge in [-0.1, -0.05) is 49.0 Å². The lowest BCUT2D eigenvalue weighted by Gasteiger charge is -2.11. The van der Waals surface area contributed by atoms with E-state index in [9.17, 15) is 0 Å². The summed E-state index contributed by atoms with van der Waals surface area (Å²) in [6.45, 7) is 4.57. The van der Waals surface area contributed by atoms with E-state index in [-0.39, 0.29) is 0 Å². The van der Waals surface area contributed by atoms with Crippen LogP contribution in [0.1, 0.15) is 22.5 Å². The zero-order valence-electron chi connectivity index (χ0n) is 13.7. The molecule has 122 valence electrons. The summed E-state index contributed by atoms with van der Waals surface area (Å²) in [7, 11) is 0. The molecule has 1 aromatic heterocycles. The Morgan fingerprint density at radius 1 is 1.04 bits per heavy atom. The number of nitrogens with zero attached hydrogens (tertiary/aromatic N) is 2. The minimum absolute atomic E-state index is 0.616. The van der Waals surface area contributed by atoms with Crippen molar-refractivity contribution in [3.63, 3.8) is 0 Å². The van der Waals surface area contributed by atoms with Crippen LogP contribution in [0.15, 0.2) is 73.2 Å². The zero-order chi connectivity index (χ0) is 16.9. The van der Waals surface area contributed by atoms with Crippen LogP contribution >= 0.6 is 0 Å². The van der Waals surface area contributed by atoms with Crippen LogP contribution in [-0.2, 0) is 19.4 Å². The zero-order valence-corrected chi connectivity index (χ0v) is 13.7. The third-order valence-corrected chi connectivity index (χ3v) is 3.95. The second kappa shape index (κ2) is 7.04. The van der Waals surface area contributed by atoms with Gasteiger partial charge < -0.3 is 16.0 Å². The lowest BCUT2D eigenvalue weighted by Crippen LogP contribution is -2.10. The topological polar surface area (TPSA) is 69.9 Å². The third kappa shape index (κ3) is 3.84. The smallest absolute Gasteiger partial charge is 0.0955 e. The monoisotopic (exact) mass is 318 g/mol. The van der Waals surface area contributed by atoms with Crippen molar-refractivity contribution in [2.75, 3.05) is 5.73 Å². The minimum Gasteiger partial charge on any atom is -0.402 e. The average molecular weight is 318 g/mol. The molecule has 3 rings (SSSR count). The van der Waals surface area contributed by atoms with Crippen LogP contribution in [0.2, 0.25) is 0 Å². The van der Waals surface area contributed by atoms with E-state index < -0.39 is 0 Å². The summed E-state index contributed by atoms with van der Waals surface area (Å²) >= 11 is 0. The molecular weight excluding hydrogens is 296 g/mol. The van der Waals surface area contributed by atoms with E-state index in [0.717, 1.165) is 35.6 Å². The molecule has 0 aliphatic rings. The number of hydrogen-bond acceptors (Lipinski definition) is 3. The molecule has 0 amide bonds. The highest BCUT2D eigenvalue weighted by atomic mass is 15.1. The van der Waals surface area contributed by atoms with Gasteiger partial charge in [0, 0.05) is 36.5 Å². The summed E-state index contributed by atoms with van der Waals surface area (Å²) in [5.74, 6) is 0. The summed E-state index contributed by atoms with van der Waals surface area (Å²) in [5.41, 5.74) is 17.7. The second-order valence-electron chi connectivity index (χ2n) is 6.01. The predicted octanol–water partition coefficient (Wildman–Crippen LogP) is 3.12. The van der Waals surface area contributed by atoms with Crippen LogP contribution in [-0.4, -0.2) is 9.55 Å². The van der Waals surface area contributed by atoms with Crippen LogP contribution in [0.25, 0.3) is 0 Å². The van der Waals surface area contributed by atoms with Gasteiger partial charge in [0.2, 0.25) is 0 Å². The first-order valence-corrected chi connectivity index (χ1v) is 7.96. The Bertz CT molecular complexity index is 834. The summed E-state index contributed by atoms with van der Waals surface area (Å²) in [5, 5.41) is 0. The second-order valence-corrected chi connectivity index (χ2v) is 6.01. The Labute approximate surface area is 142 Å². The van der Waals surface area contributed by atoms with Gasteiger partial charge in [0.25, 0.3) is 0 Å². The molecule has 4 nitrogen and oxygen atoms in total. The minimum atomic E-state index is 0.616. The molecule has 0 bridgehead atoms. The van der Waals surface area contributed by atoms with Crippen molar-refractivity contribution in [2.24, 2.45) is 5.73 Å². The summed E-state index contributed by atoms with van der Waals surface area (Å²) < 4.78 is 2.13. The molecule has 0 aliphatic carbocycles. The van der Waals surface area contributed by atoms with E-state index in [4.69, 9.17) is 11.5 Å². The van der Waals surface area contributed by atoms with E-state index in [0.29, 0.717) is 12.1 Å². The molecule has 3 aromatic rings. The van der Waals surface area contributed by atoms with Crippen molar-refractivity contribution in [3.8, 4) is 0 Å². The highest BCUT2D eigenvalue weighted by Gasteiger charge is 2.12. The van der Waals surface area contributed by atoms with Crippen LogP contribution in [0.4, 0.5) is 5.69 Å². The van der Waals surface area contributed by atoms with E-state index in [1.165, 1.54) is 5.56 Å². The molecule has 0 saturated heterocycles. The lowest BCUT2D eigenvalue weighted by atomic mass is 10.1. The van der Waals surface area contributed by atoms with Crippen molar-refractivity contribution in [1.82, 2.24) is 9.55 Å². The van der Waals surface area contributed by atoms with Gasteiger partial charge in [-0.2, -0.15) is 0 Å². The van der Waals surface area contributed by atoms with Crippen molar-refractivity contribution in [1.29, 1.82) is 0 Å². The Morgan fingerprint density at radius 2 is 1.79 bits per heavy atom. The van der Waals surface area contributed by atoms with Gasteiger partial charge in [0.05, 0.1) is 12.0 Å². The van der Waals surface area contributed by atoms with Gasteiger partial charge in [-0.05, 0) is 23.3 Å². The molecule has 0 atom stereocenters. The number of hydrogen-bond donors (Lipinski definition) is 2. The molecule has 0 fully saturated rings. The van der Waals surface area contributed by atoms with E-state index in [1.807, 2.05) is 42.7 Å². The average Bonchev–Trinajstić information content (AvgIpc) is 2.90. The normalized spacial score (nSPS) is 10.7. The molecular formula is C20H22N4. The van der Waals surface area contributed by atoms with Gasteiger partial charge in [-0.15, -0.1) is 0 Å². The first-order valence-electron chi connectivity index (χ1n) is 7.96. The molecule has 0 spiro atoms. The van der Waals surface area contributed by atoms with Gasteiger partial charge in [0.1, 0.15) is 0 Å². The molecule has 4 heteroatoms. The highest BCUT2D eigenvalue weighted by molar-refractivity contribution is 5.41.